The van der Waals surface area contributed by atoms with Gasteiger partial charge in [0.15, 0.2) is 17.2 Å². The highest BCUT2D eigenvalue weighted by Gasteiger charge is 2.19. The minimum Gasteiger partial charge on any atom is -0.494 e. The van der Waals surface area contributed by atoms with Crippen LogP contribution in [-0.4, -0.2) is 71.3 Å². The summed E-state index contributed by atoms with van der Waals surface area (Å²) < 4.78 is 16.7. The zero-order valence-corrected chi connectivity index (χ0v) is 19.7. The molecule has 1 N–H and O–H groups in total. The molecule has 35 heavy (non-hydrogen) atoms. The largest absolute Gasteiger partial charge is 0.494 e. The standard InChI is InChI=1S/C24H25N7O4/c1-31(2)23(32)22-20(33-3)11-16(13-28-22)29-24-26-7-4-18(30-24)19-10-15(12-25)21(14-27-19)35-17-5-8-34-9-6-17/h4,7,10-11,13-14,17H,5-6,8-9H2,1-3H3,(H,26,29,30). The molecule has 0 bridgehead atoms. The van der Waals surface area contributed by atoms with Crippen molar-refractivity contribution in [2.75, 3.05) is 39.7 Å². The fourth-order valence-electron chi connectivity index (χ4n) is 3.47. The van der Waals surface area contributed by atoms with E-state index in [2.05, 4.69) is 31.3 Å². The van der Waals surface area contributed by atoms with Crippen molar-refractivity contribution in [2.45, 2.75) is 18.9 Å². The van der Waals surface area contributed by atoms with Crippen molar-refractivity contribution in [1.82, 2.24) is 24.8 Å². The number of carbonyl (C=O) groups is 1. The Bertz CT molecular complexity index is 1250. The summed E-state index contributed by atoms with van der Waals surface area (Å²) in [4.78, 5) is 31.1. The summed E-state index contributed by atoms with van der Waals surface area (Å²) in [5, 5.41) is 12.7. The molecular weight excluding hydrogens is 450 g/mol. The Balaban J connectivity index is 1.54. The van der Waals surface area contributed by atoms with Crippen molar-refractivity contribution in [3.8, 4) is 29.0 Å². The summed E-state index contributed by atoms with van der Waals surface area (Å²) >= 11 is 0. The van der Waals surface area contributed by atoms with Crippen LogP contribution in [-0.2, 0) is 4.74 Å². The molecule has 0 atom stereocenters. The highest BCUT2D eigenvalue weighted by atomic mass is 16.5. The van der Waals surface area contributed by atoms with E-state index >= 15 is 0 Å². The summed E-state index contributed by atoms with van der Waals surface area (Å²) in [6.45, 7) is 1.29. The molecule has 4 rings (SSSR count). The molecule has 0 radical (unpaired) electrons. The van der Waals surface area contributed by atoms with Crippen molar-refractivity contribution in [2.24, 2.45) is 0 Å². The lowest BCUT2D eigenvalue weighted by atomic mass is 10.1. The number of nitrogens with zero attached hydrogens (tertiary/aromatic N) is 6. The van der Waals surface area contributed by atoms with Crippen molar-refractivity contribution in [1.29, 1.82) is 5.26 Å². The average Bonchev–Trinajstić information content (AvgIpc) is 2.89. The first-order chi connectivity index (χ1) is 17.0. The maximum Gasteiger partial charge on any atom is 0.275 e. The minimum absolute atomic E-state index is 0.00311. The Morgan fingerprint density at radius 1 is 1.14 bits per heavy atom. The molecule has 0 spiro atoms. The number of amides is 1. The van der Waals surface area contributed by atoms with Gasteiger partial charge in [0, 0.05) is 39.2 Å². The highest BCUT2D eigenvalue weighted by Crippen LogP contribution is 2.27. The van der Waals surface area contributed by atoms with Crippen molar-refractivity contribution in [3.05, 3.63) is 48.0 Å². The third kappa shape index (κ3) is 5.62. The quantitative estimate of drug-likeness (QED) is 0.543. The minimum atomic E-state index is -0.268. The van der Waals surface area contributed by atoms with Crippen LogP contribution in [0.2, 0.25) is 0 Å². The van der Waals surface area contributed by atoms with Crippen LogP contribution in [0, 0.1) is 11.3 Å². The number of methoxy groups -OCH3 is 1. The Labute approximate surface area is 202 Å². The van der Waals surface area contributed by atoms with Gasteiger partial charge in [0.1, 0.15) is 12.2 Å². The molecule has 0 aliphatic carbocycles. The SMILES string of the molecule is COc1cc(Nc2nccc(-c3cc(C#N)c(OC4CCOCC4)cn3)n2)cnc1C(=O)N(C)C. The first-order valence-corrected chi connectivity index (χ1v) is 11.0. The molecule has 0 saturated carbocycles. The second-order valence-electron chi connectivity index (χ2n) is 7.97. The van der Waals surface area contributed by atoms with Gasteiger partial charge in [-0.25, -0.2) is 15.0 Å². The predicted octanol–water partition coefficient (Wildman–Crippen LogP) is 2.82. The van der Waals surface area contributed by atoms with E-state index in [1.807, 2.05) is 0 Å². The van der Waals surface area contributed by atoms with Crippen molar-refractivity contribution >= 4 is 17.5 Å². The molecule has 1 saturated heterocycles. The molecular formula is C24H25N7O4. The monoisotopic (exact) mass is 475 g/mol. The van der Waals surface area contributed by atoms with Gasteiger partial charge in [-0.1, -0.05) is 0 Å². The van der Waals surface area contributed by atoms with Gasteiger partial charge >= 0.3 is 0 Å². The van der Waals surface area contributed by atoms with Gasteiger partial charge in [-0.15, -0.1) is 0 Å². The molecule has 4 heterocycles. The van der Waals surface area contributed by atoms with Gasteiger partial charge in [-0.3, -0.25) is 9.78 Å². The number of pyridine rings is 2. The first kappa shape index (κ1) is 23.8. The highest BCUT2D eigenvalue weighted by molar-refractivity contribution is 5.95. The van der Waals surface area contributed by atoms with Crippen LogP contribution in [0.25, 0.3) is 11.4 Å². The van der Waals surface area contributed by atoms with Crippen LogP contribution >= 0.6 is 0 Å². The Morgan fingerprint density at radius 3 is 2.66 bits per heavy atom. The second-order valence-corrected chi connectivity index (χ2v) is 7.97. The van der Waals surface area contributed by atoms with E-state index in [0.717, 1.165) is 12.8 Å². The summed E-state index contributed by atoms with van der Waals surface area (Å²) in [6, 6.07) is 7.17. The Morgan fingerprint density at radius 2 is 1.94 bits per heavy atom. The van der Waals surface area contributed by atoms with Gasteiger partial charge in [-0.2, -0.15) is 5.26 Å². The summed E-state index contributed by atoms with van der Waals surface area (Å²) in [6.07, 6.45) is 6.19. The number of hydrogen-bond acceptors (Lipinski definition) is 10. The number of rotatable bonds is 7. The number of aromatic nitrogens is 4. The number of anilines is 2. The molecule has 11 nitrogen and oxygen atoms in total. The van der Waals surface area contributed by atoms with E-state index in [1.165, 1.54) is 18.2 Å². The fourth-order valence-corrected chi connectivity index (χ4v) is 3.47. The van der Waals surface area contributed by atoms with Crippen molar-refractivity contribution < 1.29 is 19.0 Å². The number of nitrogens with one attached hydrogen (secondary N) is 1. The van der Waals surface area contributed by atoms with Crippen LogP contribution in [0.1, 0.15) is 28.9 Å². The molecule has 1 amide bonds. The van der Waals surface area contributed by atoms with Crippen LogP contribution in [0.15, 0.2) is 36.8 Å². The maximum atomic E-state index is 12.3. The molecule has 3 aromatic heterocycles. The van der Waals surface area contributed by atoms with Crippen LogP contribution in [0.4, 0.5) is 11.6 Å². The lowest BCUT2D eigenvalue weighted by Gasteiger charge is -2.23. The Hall–Kier alpha value is -4.30. The van der Waals surface area contributed by atoms with Crippen molar-refractivity contribution in [3.63, 3.8) is 0 Å². The fraction of sp³-hybridized carbons (Fsp3) is 0.333. The summed E-state index contributed by atoms with van der Waals surface area (Å²) in [5.74, 6) is 0.794. The average molecular weight is 476 g/mol. The van der Waals surface area contributed by atoms with Crippen LogP contribution < -0.4 is 14.8 Å². The normalized spacial score (nSPS) is 13.5. The Kier molecular flexibility index (Phi) is 7.32. The van der Waals surface area contributed by atoms with Crippen LogP contribution in [0.3, 0.4) is 0 Å². The number of ether oxygens (including phenoxy) is 3. The van der Waals surface area contributed by atoms with E-state index in [0.29, 0.717) is 53.3 Å². The van der Waals surface area contributed by atoms with E-state index in [-0.39, 0.29) is 17.7 Å². The van der Waals surface area contributed by atoms with Crippen LogP contribution in [0.5, 0.6) is 11.5 Å². The molecule has 180 valence electrons. The third-order valence-corrected chi connectivity index (χ3v) is 5.31. The smallest absolute Gasteiger partial charge is 0.275 e. The molecule has 1 fully saturated rings. The first-order valence-electron chi connectivity index (χ1n) is 11.0. The third-order valence-electron chi connectivity index (χ3n) is 5.31. The number of nitriles is 1. The molecule has 0 aromatic carbocycles. The van der Waals surface area contributed by atoms with Gasteiger partial charge in [0.25, 0.3) is 5.91 Å². The number of hydrogen-bond donors (Lipinski definition) is 1. The lowest BCUT2D eigenvalue weighted by molar-refractivity contribution is 0.0253. The molecule has 3 aromatic rings. The predicted molar refractivity (Wildman–Crippen MR) is 127 cm³/mol. The summed E-state index contributed by atoms with van der Waals surface area (Å²) in [7, 11) is 4.76. The van der Waals surface area contributed by atoms with Gasteiger partial charge in [-0.05, 0) is 12.1 Å². The second kappa shape index (κ2) is 10.8. The zero-order chi connectivity index (χ0) is 24.8. The van der Waals surface area contributed by atoms with E-state index < -0.39 is 0 Å². The van der Waals surface area contributed by atoms with E-state index in [1.54, 1.807) is 44.7 Å². The van der Waals surface area contributed by atoms with Gasteiger partial charge < -0.3 is 24.4 Å². The maximum absolute atomic E-state index is 12.3. The molecule has 0 unspecified atom stereocenters. The van der Waals surface area contributed by atoms with Gasteiger partial charge in [0.05, 0.1) is 55.4 Å². The van der Waals surface area contributed by atoms with E-state index in [9.17, 15) is 10.1 Å². The van der Waals surface area contributed by atoms with Gasteiger partial charge in [0.2, 0.25) is 5.95 Å². The molecule has 11 heteroatoms. The van der Waals surface area contributed by atoms with E-state index in [4.69, 9.17) is 14.2 Å². The zero-order valence-electron chi connectivity index (χ0n) is 19.7. The number of carbonyl (C=O) groups excluding carboxylic acids is 1. The summed E-state index contributed by atoms with van der Waals surface area (Å²) in [5.41, 5.74) is 2.16. The topological polar surface area (TPSA) is 135 Å². The molecule has 1 aliphatic heterocycles. The molecule has 1 aliphatic rings. The lowest BCUT2D eigenvalue weighted by Crippen LogP contribution is -2.26.